The first-order chi connectivity index (χ1) is 9.82. The van der Waals surface area contributed by atoms with E-state index in [2.05, 4.69) is 34.7 Å². The summed E-state index contributed by atoms with van der Waals surface area (Å²) in [5, 5.41) is 0. The second kappa shape index (κ2) is 6.34. The first kappa shape index (κ1) is 16.3. The lowest BCUT2D eigenvalue weighted by Crippen LogP contribution is -2.37. The van der Waals surface area contributed by atoms with Gasteiger partial charge in [0.1, 0.15) is 11.0 Å². The third kappa shape index (κ3) is 4.19. The van der Waals surface area contributed by atoms with Gasteiger partial charge in [0.25, 0.3) is 0 Å². The predicted octanol–water partition coefficient (Wildman–Crippen LogP) is 4.68. The van der Waals surface area contributed by atoms with Crippen LogP contribution in [-0.2, 0) is 16.0 Å². The van der Waals surface area contributed by atoms with Gasteiger partial charge in [0.05, 0.1) is 0 Å². The topological polar surface area (TPSA) is 26.3 Å². The molecule has 0 amide bonds. The van der Waals surface area contributed by atoms with E-state index in [0.29, 0.717) is 6.42 Å². The molecule has 1 aliphatic rings. The van der Waals surface area contributed by atoms with Crippen LogP contribution in [0.25, 0.3) is 0 Å². The largest absolute Gasteiger partial charge is 0.459 e. The monoisotopic (exact) mass is 396 g/mol. The molecule has 2 rings (SSSR count). The molecule has 2 nitrogen and oxygen atoms in total. The normalized spacial score (nSPS) is 16.8. The fraction of sp³-hybridized carbons (Fsp3) is 0.389. The summed E-state index contributed by atoms with van der Waals surface area (Å²) in [7, 11) is 0. The zero-order valence-electron chi connectivity index (χ0n) is 12.7. The minimum Gasteiger partial charge on any atom is -0.459 e. The first-order valence-corrected chi connectivity index (χ1v) is 8.23. The fourth-order valence-electron chi connectivity index (χ4n) is 2.35. The smallest absolute Gasteiger partial charge is 0.320 e. The van der Waals surface area contributed by atoms with E-state index < -0.39 is 11.0 Å². The Morgan fingerprint density at radius 1 is 1.24 bits per heavy atom. The van der Waals surface area contributed by atoms with Gasteiger partial charge in [-0.3, -0.25) is 4.79 Å². The molecule has 3 heteroatoms. The van der Waals surface area contributed by atoms with Gasteiger partial charge in [-0.1, -0.05) is 42.5 Å². The average Bonchev–Trinajstić information content (AvgIpc) is 2.40. The van der Waals surface area contributed by atoms with Gasteiger partial charge in [0, 0.05) is 3.57 Å². The highest BCUT2D eigenvalue weighted by molar-refractivity contribution is 14.1. The van der Waals surface area contributed by atoms with Crippen LogP contribution in [-0.4, -0.2) is 11.6 Å². The number of allylic oxidation sites excluding steroid dienone is 2. The summed E-state index contributed by atoms with van der Waals surface area (Å²) in [6, 6.07) is 8.16. The Hall–Kier alpha value is -1.10. The van der Waals surface area contributed by atoms with E-state index in [0.717, 1.165) is 6.42 Å². The fourth-order valence-corrected chi connectivity index (χ4v) is 2.93. The maximum absolute atomic E-state index is 12.7. The first-order valence-electron chi connectivity index (χ1n) is 7.15. The minimum atomic E-state index is -0.688. The maximum Gasteiger partial charge on any atom is 0.320 e. The van der Waals surface area contributed by atoms with Gasteiger partial charge in [-0.15, -0.1) is 0 Å². The molecule has 21 heavy (non-hydrogen) atoms. The van der Waals surface area contributed by atoms with E-state index in [9.17, 15) is 4.79 Å². The Balaban J connectivity index is 2.33. The van der Waals surface area contributed by atoms with Crippen molar-refractivity contribution in [1.82, 2.24) is 0 Å². The highest BCUT2D eigenvalue weighted by Gasteiger charge is 2.38. The van der Waals surface area contributed by atoms with Crippen LogP contribution in [0.5, 0.6) is 0 Å². The van der Waals surface area contributed by atoms with Crippen LogP contribution in [0.15, 0.2) is 48.6 Å². The van der Waals surface area contributed by atoms with Crippen LogP contribution in [0.3, 0.4) is 0 Å². The van der Waals surface area contributed by atoms with E-state index in [-0.39, 0.29) is 5.97 Å². The molecule has 0 spiro atoms. The Labute approximate surface area is 140 Å². The summed E-state index contributed by atoms with van der Waals surface area (Å²) in [6.45, 7) is 5.71. The molecule has 0 N–H and O–H groups in total. The molecule has 0 saturated carbocycles. The molecule has 0 fully saturated rings. The van der Waals surface area contributed by atoms with Crippen LogP contribution in [0, 0.1) is 8.99 Å². The summed E-state index contributed by atoms with van der Waals surface area (Å²) in [4.78, 5) is 12.7. The number of rotatable bonds is 3. The van der Waals surface area contributed by atoms with E-state index in [4.69, 9.17) is 4.74 Å². The summed E-state index contributed by atoms with van der Waals surface area (Å²) < 4.78 is 6.82. The van der Waals surface area contributed by atoms with Gasteiger partial charge in [0.15, 0.2) is 0 Å². The van der Waals surface area contributed by atoms with Crippen molar-refractivity contribution in [3.63, 3.8) is 0 Å². The van der Waals surface area contributed by atoms with Crippen LogP contribution < -0.4 is 0 Å². The molecule has 0 aliphatic heterocycles. The number of esters is 1. The van der Waals surface area contributed by atoms with Crippen LogP contribution in [0.1, 0.15) is 32.8 Å². The molecular formula is C18H21IO2. The van der Waals surface area contributed by atoms with Crippen LogP contribution >= 0.6 is 22.6 Å². The van der Waals surface area contributed by atoms with Crippen LogP contribution in [0.4, 0.5) is 0 Å². The van der Waals surface area contributed by atoms with E-state index in [1.807, 2.05) is 57.2 Å². The summed E-state index contributed by atoms with van der Waals surface area (Å²) in [5.74, 6) is -0.179. The van der Waals surface area contributed by atoms with E-state index >= 15 is 0 Å². The lowest BCUT2D eigenvalue weighted by Gasteiger charge is -2.31. The van der Waals surface area contributed by atoms with Crippen molar-refractivity contribution in [3.05, 3.63) is 57.7 Å². The van der Waals surface area contributed by atoms with Crippen LogP contribution in [0.2, 0.25) is 0 Å². The number of carbonyl (C=O) groups excluding carboxylic acids is 1. The predicted molar refractivity (Wildman–Crippen MR) is 94.0 cm³/mol. The van der Waals surface area contributed by atoms with Crippen molar-refractivity contribution >= 4 is 28.6 Å². The molecule has 1 aliphatic carbocycles. The molecule has 0 aromatic heterocycles. The summed E-state index contributed by atoms with van der Waals surface area (Å²) >= 11 is 2.31. The van der Waals surface area contributed by atoms with Crippen molar-refractivity contribution in [2.75, 3.05) is 0 Å². The Morgan fingerprint density at radius 3 is 2.43 bits per heavy atom. The molecule has 0 radical (unpaired) electrons. The second-order valence-electron chi connectivity index (χ2n) is 6.35. The van der Waals surface area contributed by atoms with Crippen molar-refractivity contribution in [1.29, 1.82) is 0 Å². The molecule has 0 atom stereocenters. The standard InChI is InChI=1S/C18H21IO2/c1-17(2,3)21-16(20)18(11-7-4-8-12-18)13-14-9-5-6-10-15(14)19/h5-12H,4,13H2,1-3H3. The van der Waals surface area contributed by atoms with Gasteiger partial charge in [0.2, 0.25) is 0 Å². The Morgan fingerprint density at radius 2 is 1.86 bits per heavy atom. The van der Waals surface area contributed by atoms with Gasteiger partial charge >= 0.3 is 5.97 Å². The zero-order valence-corrected chi connectivity index (χ0v) is 14.9. The molecular weight excluding hydrogens is 375 g/mol. The molecule has 0 bridgehead atoms. The number of hydrogen-bond donors (Lipinski definition) is 0. The van der Waals surface area contributed by atoms with Gasteiger partial charge in [-0.05, 0) is 67.8 Å². The maximum atomic E-state index is 12.7. The Bertz CT molecular complexity index is 567. The minimum absolute atomic E-state index is 0.179. The SMILES string of the molecule is CC(C)(C)OC(=O)C1(Cc2ccccc2I)C=CCC=C1. The number of hydrogen-bond acceptors (Lipinski definition) is 2. The van der Waals surface area contributed by atoms with Crippen molar-refractivity contribution < 1.29 is 9.53 Å². The summed E-state index contributed by atoms with van der Waals surface area (Å²) in [6.07, 6.45) is 9.57. The molecule has 0 heterocycles. The lowest BCUT2D eigenvalue weighted by molar-refractivity contribution is -0.162. The number of halogens is 1. The third-order valence-electron chi connectivity index (χ3n) is 3.32. The summed E-state index contributed by atoms with van der Waals surface area (Å²) in [5.41, 5.74) is 0.00000643. The molecule has 1 aromatic rings. The molecule has 112 valence electrons. The third-order valence-corrected chi connectivity index (χ3v) is 4.37. The quantitative estimate of drug-likeness (QED) is 0.422. The second-order valence-corrected chi connectivity index (χ2v) is 7.51. The number of carbonyl (C=O) groups is 1. The zero-order chi connectivity index (χ0) is 15.5. The van der Waals surface area contributed by atoms with Crippen molar-refractivity contribution in [2.45, 2.75) is 39.2 Å². The average molecular weight is 396 g/mol. The number of benzene rings is 1. The van der Waals surface area contributed by atoms with Gasteiger partial charge < -0.3 is 4.74 Å². The lowest BCUT2D eigenvalue weighted by atomic mass is 9.78. The number of ether oxygens (including phenoxy) is 1. The molecule has 1 aromatic carbocycles. The van der Waals surface area contributed by atoms with Gasteiger partial charge in [-0.2, -0.15) is 0 Å². The molecule has 0 saturated heterocycles. The van der Waals surface area contributed by atoms with E-state index in [1.165, 1.54) is 9.13 Å². The van der Waals surface area contributed by atoms with Gasteiger partial charge in [-0.25, -0.2) is 0 Å². The molecule has 0 unspecified atom stereocenters. The highest BCUT2D eigenvalue weighted by Crippen LogP contribution is 2.34. The van der Waals surface area contributed by atoms with E-state index in [1.54, 1.807) is 0 Å². The Kier molecular flexibility index (Phi) is 4.91. The highest BCUT2D eigenvalue weighted by atomic mass is 127. The van der Waals surface area contributed by atoms with Crippen molar-refractivity contribution in [2.24, 2.45) is 5.41 Å². The van der Waals surface area contributed by atoms with Crippen molar-refractivity contribution in [3.8, 4) is 0 Å².